The molecule has 37 heavy (non-hydrogen) atoms. The van der Waals surface area contributed by atoms with E-state index in [4.69, 9.17) is 0 Å². The molecule has 3 N–H and O–H groups in total. The van der Waals surface area contributed by atoms with Crippen LogP contribution in [0.25, 0.3) is 10.9 Å². The van der Waals surface area contributed by atoms with Gasteiger partial charge in [0.2, 0.25) is 6.41 Å². The second-order valence-corrected chi connectivity index (χ2v) is 8.08. The van der Waals surface area contributed by atoms with Crippen LogP contribution in [0.1, 0.15) is 34.1 Å². The molecule has 4 rings (SSSR count). The topological polar surface area (TPSA) is 83.2 Å². The lowest BCUT2D eigenvalue weighted by atomic mass is 10.1. The average molecular weight is 510 g/mol. The number of hydrogen-bond donors (Lipinski definition) is 3. The van der Waals surface area contributed by atoms with Crippen LogP contribution in [0.2, 0.25) is 0 Å². The Morgan fingerprint density at radius 2 is 1.70 bits per heavy atom. The number of fused-ring (bicyclic) bond motifs is 1. The Balaban J connectivity index is 0.000000217. The normalized spacial score (nSPS) is 10.0. The van der Waals surface area contributed by atoms with E-state index in [1.165, 1.54) is 11.6 Å². The van der Waals surface area contributed by atoms with Crippen molar-refractivity contribution >= 4 is 23.2 Å². The standard InChI is InChI=1S/C13H15N3O2.C9H10F2O.C7H8/c1-9-3-2-4-11-10(9)7-12(16-11)13(18)15-6-5-14-8-17;1-2-7-4-3-5-8(6-7)12-9(10)11;1-7-5-3-2-4-6-7/h2-4,7-8,16H,5-6H2,1H3,(H,14,17)(H,15,18);3-6,9H,2H2,1H3;2-6H,1H3. The molecule has 0 atom stereocenters. The summed E-state index contributed by atoms with van der Waals surface area (Å²) < 4.78 is 27.7. The molecule has 0 radical (unpaired) electrons. The molecule has 0 spiro atoms. The third kappa shape index (κ3) is 10.5. The molecule has 1 heterocycles. The average Bonchev–Trinajstić information content (AvgIpc) is 3.34. The fourth-order valence-corrected chi connectivity index (χ4v) is 3.31. The van der Waals surface area contributed by atoms with Crippen molar-refractivity contribution in [2.24, 2.45) is 0 Å². The summed E-state index contributed by atoms with van der Waals surface area (Å²) in [5, 5.41) is 6.26. The van der Waals surface area contributed by atoms with E-state index in [1.54, 1.807) is 12.1 Å². The number of alkyl halides is 2. The molecule has 0 bridgehead atoms. The van der Waals surface area contributed by atoms with Crippen LogP contribution < -0.4 is 15.4 Å². The quantitative estimate of drug-likeness (QED) is 0.207. The van der Waals surface area contributed by atoms with Crippen molar-refractivity contribution in [3.63, 3.8) is 0 Å². The largest absolute Gasteiger partial charge is 0.435 e. The lowest BCUT2D eigenvalue weighted by Gasteiger charge is -2.04. The van der Waals surface area contributed by atoms with Crippen molar-refractivity contribution in [1.29, 1.82) is 0 Å². The molecule has 2 amide bonds. The third-order valence-electron chi connectivity index (χ3n) is 5.24. The zero-order valence-electron chi connectivity index (χ0n) is 21.3. The number of aromatic nitrogens is 1. The van der Waals surface area contributed by atoms with Crippen LogP contribution >= 0.6 is 0 Å². The minimum absolute atomic E-state index is 0.168. The van der Waals surface area contributed by atoms with E-state index in [1.807, 2.05) is 62.4 Å². The van der Waals surface area contributed by atoms with Gasteiger partial charge in [-0.2, -0.15) is 8.78 Å². The minimum atomic E-state index is -2.74. The first kappa shape index (κ1) is 29.0. The van der Waals surface area contributed by atoms with Gasteiger partial charge in [-0.05, 0) is 55.7 Å². The molecule has 0 aliphatic rings. The summed E-state index contributed by atoms with van der Waals surface area (Å²) in [4.78, 5) is 24.9. The van der Waals surface area contributed by atoms with E-state index in [9.17, 15) is 18.4 Å². The van der Waals surface area contributed by atoms with Crippen LogP contribution in [0.15, 0.2) is 78.9 Å². The van der Waals surface area contributed by atoms with Gasteiger partial charge in [0.1, 0.15) is 11.4 Å². The summed E-state index contributed by atoms with van der Waals surface area (Å²) in [6.45, 7) is 4.14. The molecule has 0 aliphatic heterocycles. The Morgan fingerprint density at radius 1 is 0.973 bits per heavy atom. The van der Waals surface area contributed by atoms with Crippen molar-refractivity contribution in [3.05, 3.63) is 101 Å². The Morgan fingerprint density at radius 3 is 2.30 bits per heavy atom. The number of carbonyl (C=O) groups excluding carboxylic acids is 2. The summed E-state index contributed by atoms with van der Waals surface area (Å²) in [7, 11) is 0. The number of aromatic amines is 1. The van der Waals surface area contributed by atoms with Crippen molar-refractivity contribution in [1.82, 2.24) is 15.6 Å². The van der Waals surface area contributed by atoms with Crippen LogP contribution in [0.3, 0.4) is 0 Å². The highest BCUT2D eigenvalue weighted by molar-refractivity contribution is 5.98. The van der Waals surface area contributed by atoms with E-state index >= 15 is 0 Å². The van der Waals surface area contributed by atoms with E-state index in [2.05, 4.69) is 39.4 Å². The predicted molar refractivity (Wildman–Crippen MR) is 143 cm³/mol. The summed E-state index contributed by atoms with van der Waals surface area (Å²) in [5.74, 6) is 0.0580. The monoisotopic (exact) mass is 509 g/mol. The molecule has 6 nitrogen and oxygen atoms in total. The van der Waals surface area contributed by atoms with E-state index in [0.717, 1.165) is 28.5 Å². The Kier molecular flexibility index (Phi) is 12.3. The van der Waals surface area contributed by atoms with Gasteiger partial charge < -0.3 is 20.4 Å². The molecule has 8 heteroatoms. The molecule has 4 aromatic rings. The summed E-state index contributed by atoms with van der Waals surface area (Å²) in [5.41, 5.74) is 4.93. The van der Waals surface area contributed by atoms with Crippen molar-refractivity contribution in [2.75, 3.05) is 13.1 Å². The number of amides is 2. The molecule has 0 saturated heterocycles. The predicted octanol–water partition coefficient (Wildman–Crippen LogP) is 5.80. The maximum absolute atomic E-state index is 11.8. The molecule has 3 aromatic carbocycles. The molecule has 0 unspecified atom stereocenters. The number of halogens is 2. The number of hydrogen-bond acceptors (Lipinski definition) is 3. The number of ether oxygens (including phenoxy) is 1. The zero-order chi connectivity index (χ0) is 27.0. The highest BCUT2D eigenvalue weighted by Gasteiger charge is 2.09. The van der Waals surface area contributed by atoms with Crippen molar-refractivity contribution in [2.45, 2.75) is 33.8 Å². The van der Waals surface area contributed by atoms with Gasteiger partial charge in [-0.25, -0.2) is 0 Å². The molecule has 0 aliphatic carbocycles. The minimum Gasteiger partial charge on any atom is -0.435 e. The van der Waals surface area contributed by atoms with Gasteiger partial charge in [0.25, 0.3) is 5.91 Å². The smallest absolute Gasteiger partial charge is 0.387 e. The molecular formula is C29H33F2N3O3. The van der Waals surface area contributed by atoms with Crippen LogP contribution in [0.5, 0.6) is 5.75 Å². The molecular weight excluding hydrogens is 476 g/mol. The van der Waals surface area contributed by atoms with Gasteiger partial charge >= 0.3 is 6.61 Å². The Labute approximate surface area is 216 Å². The van der Waals surface area contributed by atoms with Gasteiger partial charge in [0.15, 0.2) is 0 Å². The maximum Gasteiger partial charge on any atom is 0.387 e. The van der Waals surface area contributed by atoms with Crippen LogP contribution in [0, 0.1) is 13.8 Å². The first-order chi connectivity index (χ1) is 17.8. The molecule has 0 saturated carbocycles. The lowest BCUT2D eigenvalue weighted by molar-refractivity contribution is -0.109. The SMILES string of the molecule is CCc1cccc(OC(F)F)c1.Cc1cccc2[nH]c(C(=O)NCCNC=O)cc12.Cc1ccccc1. The number of benzene rings is 3. The fourth-order valence-electron chi connectivity index (χ4n) is 3.31. The van der Waals surface area contributed by atoms with Crippen LogP contribution in [0.4, 0.5) is 8.78 Å². The third-order valence-corrected chi connectivity index (χ3v) is 5.24. The molecule has 1 aromatic heterocycles. The summed E-state index contributed by atoms with van der Waals surface area (Å²) in [6.07, 6.45) is 1.43. The van der Waals surface area contributed by atoms with E-state index < -0.39 is 6.61 Å². The molecule has 196 valence electrons. The van der Waals surface area contributed by atoms with Crippen LogP contribution in [-0.4, -0.2) is 37.0 Å². The maximum atomic E-state index is 11.8. The fraction of sp³-hybridized carbons (Fsp3) is 0.241. The Hall–Kier alpha value is -4.20. The summed E-state index contributed by atoms with van der Waals surface area (Å²) >= 11 is 0. The number of aryl methyl sites for hydroxylation is 3. The highest BCUT2D eigenvalue weighted by Crippen LogP contribution is 2.19. The second-order valence-electron chi connectivity index (χ2n) is 8.08. The zero-order valence-corrected chi connectivity index (χ0v) is 21.3. The highest BCUT2D eigenvalue weighted by atomic mass is 19.3. The van der Waals surface area contributed by atoms with Gasteiger partial charge in [0, 0.05) is 24.0 Å². The first-order valence-corrected chi connectivity index (χ1v) is 11.9. The number of carbonyl (C=O) groups is 2. The van der Waals surface area contributed by atoms with Gasteiger partial charge in [-0.3, -0.25) is 9.59 Å². The van der Waals surface area contributed by atoms with Gasteiger partial charge in [-0.1, -0.05) is 67.1 Å². The second kappa shape index (κ2) is 15.7. The van der Waals surface area contributed by atoms with Crippen molar-refractivity contribution in [3.8, 4) is 5.75 Å². The van der Waals surface area contributed by atoms with Gasteiger partial charge in [-0.15, -0.1) is 0 Å². The lowest BCUT2D eigenvalue weighted by Crippen LogP contribution is -2.31. The molecule has 0 fully saturated rings. The number of rotatable bonds is 8. The Bertz CT molecular complexity index is 1240. The number of nitrogens with one attached hydrogen (secondary N) is 3. The van der Waals surface area contributed by atoms with E-state index in [0.29, 0.717) is 25.2 Å². The number of H-pyrrole nitrogens is 1. The first-order valence-electron chi connectivity index (χ1n) is 11.9. The van der Waals surface area contributed by atoms with E-state index in [-0.39, 0.29) is 11.7 Å². The van der Waals surface area contributed by atoms with Gasteiger partial charge in [0.05, 0.1) is 0 Å². The van der Waals surface area contributed by atoms with Crippen molar-refractivity contribution < 1.29 is 23.1 Å². The van der Waals surface area contributed by atoms with Crippen LogP contribution in [-0.2, 0) is 11.2 Å². The summed E-state index contributed by atoms with van der Waals surface area (Å²) in [6, 6.07) is 24.7.